The first-order valence-corrected chi connectivity index (χ1v) is 8.19. The van der Waals surface area contributed by atoms with Gasteiger partial charge < -0.3 is 15.2 Å². The quantitative estimate of drug-likeness (QED) is 0.786. The number of nitrogens with one attached hydrogen (secondary N) is 2. The van der Waals surface area contributed by atoms with E-state index >= 15 is 0 Å². The molecule has 0 aliphatic carbocycles. The lowest BCUT2D eigenvalue weighted by atomic mass is 10.1. The summed E-state index contributed by atoms with van der Waals surface area (Å²) in [6, 6.07) is 8.14. The molecule has 124 valence electrons. The van der Waals surface area contributed by atoms with Gasteiger partial charge in [-0.05, 0) is 24.5 Å². The number of aromatic amines is 1. The van der Waals surface area contributed by atoms with Crippen LogP contribution in [0.3, 0.4) is 0 Å². The molecule has 2 aromatic rings. The van der Waals surface area contributed by atoms with Gasteiger partial charge in [0.25, 0.3) is 0 Å². The smallest absolute Gasteiger partial charge is 0.221 e. The molecule has 0 saturated heterocycles. The molecule has 0 fully saturated rings. The molecular weight excluding hydrogens is 290 g/mol. The monoisotopic (exact) mass is 315 g/mol. The van der Waals surface area contributed by atoms with Crippen LogP contribution in [0, 0.1) is 0 Å². The van der Waals surface area contributed by atoms with E-state index in [-0.39, 0.29) is 11.8 Å². The van der Waals surface area contributed by atoms with Crippen LogP contribution in [0.5, 0.6) is 0 Å². The van der Waals surface area contributed by atoms with Crippen molar-refractivity contribution in [3.63, 3.8) is 0 Å². The Labute approximate surface area is 137 Å². The normalized spacial score (nSPS) is 10.7. The van der Waals surface area contributed by atoms with E-state index in [0.717, 1.165) is 18.4 Å². The molecule has 5 heteroatoms. The number of carbonyl (C=O) groups excluding carboxylic acids is 2. The fraction of sp³-hybridized carbons (Fsp3) is 0.444. The zero-order chi connectivity index (χ0) is 16.7. The van der Waals surface area contributed by atoms with Gasteiger partial charge in [-0.25, -0.2) is 0 Å². The number of aromatic nitrogens is 1. The number of hydrogen-bond acceptors (Lipinski definition) is 2. The van der Waals surface area contributed by atoms with Crippen LogP contribution in [0.2, 0.25) is 0 Å². The average molecular weight is 315 g/mol. The molecule has 5 nitrogen and oxygen atoms in total. The average Bonchev–Trinajstić information content (AvgIpc) is 2.94. The highest BCUT2D eigenvalue weighted by molar-refractivity contribution is 5.83. The van der Waals surface area contributed by atoms with E-state index < -0.39 is 0 Å². The third-order valence-electron chi connectivity index (χ3n) is 3.94. The van der Waals surface area contributed by atoms with E-state index in [1.54, 1.807) is 11.8 Å². The summed E-state index contributed by atoms with van der Waals surface area (Å²) < 4.78 is 0. The van der Waals surface area contributed by atoms with E-state index in [1.807, 2.05) is 31.3 Å². The second kappa shape index (κ2) is 8.36. The predicted octanol–water partition coefficient (Wildman–Crippen LogP) is 2.48. The summed E-state index contributed by atoms with van der Waals surface area (Å²) >= 11 is 0. The van der Waals surface area contributed by atoms with Crippen LogP contribution in [0.25, 0.3) is 10.9 Å². The number of rotatable bonds is 8. The molecule has 0 aliphatic heterocycles. The molecular formula is C18H25N3O2. The van der Waals surface area contributed by atoms with Crippen LogP contribution in [0.4, 0.5) is 0 Å². The molecule has 0 bridgehead atoms. The van der Waals surface area contributed by atoms with E-state index in [0.29, 0.717) is 26.1 Å². The van der Waals surface area contributed by atoms with Crippen molar-refractivity contribution < 1.29 is 9.59 Å². The maximum Gasteiger partial charge on any atom is 0.221 e. The van der Waals surface area contributed by atoms with Gasteiger partial charge in [-0.3, -0.25) is 9.59 Å². The van der Waals surface area contributed by atoms with Gasteiger partial charge in [-0.1, -0.05) is 25.1 Å². The minimum absolute atomic E-state index is 0.00723. The van der Waals surface area contributed by atoms with E-state index in [4.69, 9.17) is 0 Å². The molecule has 1 aromatic heterocycles. The summed E-state index contributed by atoms with van der Waals surface area (Å²) in [6.07, 6.45) is 4.05. The highest BCUT2D eigenvalue weighted by atomic mass is 16.2. The Bertz CT molecular complexity index is 663. The molecule has 2 amide bonds. The lowest BCUT2D eigenvalue weighted by molar-refractivity contribution is -0.129. The van der Waals surface area contributed by atoms with Crippen molar-refractivity contribution in [1.82, 2.24) is 15.2 Å². The highest BCUT2D eigenvalue weighted by Crippen LogP contribution is 2.17. The number of benzene rings is 1. The second-order valence-electron chi connectivity index (χ2n) is 5.72. The van der Waals surface area contributed by atoms with Crippen LogP contribution in [-0.2, 0) is 16.0 Å². The van der Waals surface area contributed by atoms with Crippen LogP contribution in [0.15, 0.2) is 30.5 Å². The maximum absolute atomic E-state index is 11.9. The Morgan fingerprint density at radius 3 is 2.74 bits per heavy atom. The molecule has 1 heterocycles. The fourth-order valence-electron chi connectivity index (χ4n) is 2.70. The molecule has 0 atom stereocenters. The Morgan fingerprint density at radius 2 is 2.00 bits per heavy atom. The van der Waals surface area contributed by atoms with Crippen molar-refractivity contribution in [3.05, 3.63) is 36.0 Å². The minimum atomic E-state index is -0.00723. The highest BCUT2D eigenvalue weighted by Gasteiger charge is 2.10. The lowest BCUT2D eigenvalue weighted by Gasteiger charge is -2.19. The summed E-state index contributed by atoms with van der Waals surface area (Å²) in [5, 5.41) is 4.13. The van der Waals surface area contributed by atoms with Crippen molar-refractivity contribution in [1.29, 1.82) is 0 Å². The Hall–Kier alpha value is -2.30. The predicted molar refractivity (Wildman–Crippen MR) is 92.2 cm³/mol. The molecule has 2 rings (SSSR count). The third-order valence-corrected chi connectivity index (χ3v) is 3.94. The zero-order valence-corrected chi connectivity index (χ0v) is 13.9. The molecule has 1 aromatic carbocycles. The Kier molecular flexibility index (Phi) is 6.20. The zero-order valence-electron chi connectivity index (χ0n) is 13.9. The molecule has 2 N–H and O–H groups in total. The summed E-state index contributed by atoms with van der Waals surface area (Å²) in [4.78, 5) is 28.3. The Morgan fingerprint density at radius 1 is 1.22 bits per heavy atom. The largest absolute Gasteiger partial charge is 0.361 e. The van der Waals surface area contributed by atoms with Gasteiger partial charge in [0.05, 0.1) is 0 Å². The van der Waals surface area contributed by atoms with Crippen molar-refractivity contribution in [2.75, 3.05) is 19.6 Å². The molecule has 0 spiro atoms. The second-order valence-corrected chi connectivity index (χ2v) is 5.72. The van der Waals surface area contributed by atoms with Crippen molar-refractivity contribution >= 4 is 22.7 Å². The van der Waals surface area contributed by atoms with Crippen LogP contribution in [0.1, 0.15) is 32.3 Å². The van der Waals surface area contributed by atoms with Gasteiger partial charge in [-0.2, -0.15) is 0 Å². The number of amides is 2. The van der Waals surface area contributed by atoms with E-state index in [2.05, 4.69) is 16.4 Å². The third kappa shape index (κ3) is 4.84. The van der Waals surface area contributed by atoms with Gasteiger partial charge in [0.1, 0.15) is 0 Å². The standard InChI is InChI=1S/C18H25N3O2/c1-3-11-21(14(2)22)12-9-18(23)19-10-8-15-13-20-17-7-5-4-6-16(15)17/h4-7,13,20H,3,8-12H2,1-2H3,(H,19,23). The summed E-state index contributed by atoms with van der Waals surface area (Å²) in [5.74, 6) is 0.0191. The first-order chi connectivity index (χ1) is 11.1. The number of nitrogens with zero attached hydrogens (tertiary/aromatic N) is 1. The fourth-order valence-corrected chi connectivity index (χ4v) is 2.70. The van der Waals surface area contributed by atoms with Gasteiger partial charge in [0.15, 0.2) is 0 Å². The summed E-state index contributed by atoms with van der Waals surface area (Å²) in [5.41, 5.74) is 2.32. The van der Waals surface area contributed by atoms with Crippen molar-refractivity contribution in [2.24, 2.45) is 0 Å². The molecule has 0 aliphatic rings. The Balaban J connectivity index is 1.75. The van der Waals surface area contributed by atoms with E-state index in [9.17, 15) is 9.59 Å². The number of fused-ring (bicyclic) bond motifs is 1. The number of H-pyrrole nitrogens is 1. The van der Waals surface area contributed by atoms with Crippen LogP contribution in [-0.4, -0.2) is 41.3 Å². The SMILES string of the molecule is CCCN(CCC(=O)NCCc1c[nH]c2ccccc12)C(C)=O. The van der Waals surface area contributed by atoms with Crippen molar-refractivity contribution in [3.8, 4) is 0 Å². The van der Waals surface area contributed by atoms with Gasteiger partial charge in [-0.15, -0.1) is 0 Å². The van der Waals surface area contributed by atoms with Crippen molar-refractivity contribution in [2.45, 2.75) is 33.1 Å². The first kappa shape index (κ1) is 17.1. The molecule has 0 radical (unpaired) electrons. The van der Waals surface area contributed by atoms with E-state index in [1.165, 1.54) is 10.9 Å². The summed E-state index contributed by atoms with van der Waals surface area (Å²) in [7, 11) is 0. The van der Waals surface area contributed by atoms with Gasteiger partial charge in [0.2, 0.25) is 11.8 Å². The number of para-hydroxylation sites is 1. The maximum atomic E-state index is 11.9. The van der Waals surface area contributed by atoms with Gasteiger partial charge in [0, 0.05) is 50.1 Å². The number of carbonyl (C=O) groups is 2. The summed E-state index contributed by atoms with van der Waals surface area (Å²) in [6.45, 7) is 5.37. The van der Waals surface area contributed by atoms with Crippen LogP contribution < -0.4 is 5.32 Å². The minimum Gasteiger partial charge on any atom is -0.361 e. The first-order valence-electron chi connectivity index (χ1n) is 8.19. The number of hydrogen-bond donors (Lipinski definition) is 2. The lowest BCUT2D eigenvalue weighted by Crippen LogP contribution is -2.34. The van der Waals surface area contributed by atoms with Crippen LogP contribution >= 0.6 is 0 Å². The topological polar surface area (TPSA) is 65.2 Å². The molecule has 23 heavy (non-hydrogen) atoms. The molecule has 0 saturated carbocycles. The molecule has 0 unspecified atom stereocenters. The van der Waals surface area contributed by atoms with Gasteiger partial charge >= 0.3 is 0 Å².